The Morgan fingerprint density at radius 2 is 2.37 bits per heavy atom. The van der Waals surface area contributed by atoms with Crippen molar-refractivity contribution in [1.82, 2.24) is 5.32 Å². The van der Waals surface area contributed by atoms with Gasteiger partial charge in [-0.3, -0.25) is 4.79 Å². The van der Waals surface area contributed by atoms with E-state index in [1.807, 2.05) is 18.2 Å². The van der Waals surface area contributed by atoms with E-state index < -0.39 is 5.91 Å². The molecule has 0 aliphatic heterocycles. The Hall–Kier alpha value is -1.84. The van der Waals surface area contributed by atoms with Crippen LogP contribution in [0, 0.1) is 11.3 Å². The van der Waals surface area contributed by atoms with Gasteiger partial charge in [-0.05, 0) is 46.3 Å². The second kappa shape index (κ2) is 6.36. The van der Waals surface area contributed by atoms with E-state index in [1.54, 1.807) is 18.2 Å². The van der Waals surface area contributed by atoms with Gasteiger partial charge in [0.05, 0.1) is 16.6 Å². The van der Waals surface area contributed by atoms with Crippen LogP contribution in [0.3, 0.4) is 0 Å². The number of hydrogen-bond acceptors (Lipinski definition) is 4. The van der Waals surface area contributed by atoms with Gasteiger partial charge in [-0.25, -0.2) is 0 Å². The molecule has 2 heterocycles. The van der Waals surface area contributed by atoms with E-state index in [4.69, 9.17) is 9.68 Å². The van der Waals surface area contributed by atoms with Gasteiger partial charge in [-0.2, -0.15) is 5.26 Å². The number of rotatable bonds is 4. The maximum Gasteiger partial charge on any atom is 0.262 e. The summed E-state index contributed by atoms with van der Waals surface area (Å²) in [4.78, 5) is 12.7. The van der Waals surface area contributed by atoms with Gasteiger partial charge in [0, 0.05) is 4.88 Å². The molecular weight excluding hydrogens is 328 g/mol. The van der Waals surface area contributed by atoms with Gasteiger partial charge in [-0.15, -0.1) is 11.3 Å². The maximum absolute atomic E-state index is 11.8. The van der Waals surface area contributed by atoms with Crippen LogP contribution < -0.4 is 5.32 Å². The lowest BCUT2D eigenvalue weighted by Gasteiger charge is -2.01. The van der Waals surface area contributed by atoms with Crippen LogP contribution in [0.15, 0.2) is 44.3 Å². The minimum absolute atomic E-state index is 0.0703. The molecular formula is C13H9BrN2O2S. The molecule has 0 saturated heterocycles. The second-order valence-electron chi connectivity index (χ2n) is 3.57. The highest BCUT2D eigenvalue weighted by Gasteiger charge is 2.10. The van der Waals surface area contributed by atoms with E-state index >= 15 is 0 Å². The van der Waals surface area contributed by atoms with E-state index in [9.17, 15) is 4.79 Å². The number of nitrogens with zero attached hydrogens (tertiary/aromatic N) is 1. The Balaban J connectivity index is 2.03. The Labute approximate surface area is 122 Å². The number of nitrogens with one attached hydrogen (secondary N) is 1. The number of carbonyl (C=O) groups is 1. The molecule has 0 aromatic carbocycles. The highest BCUT2D eigenvalue weighted by atomic mass is 79.9. The van der Waals surface area contributed by atoms with Crippen LogP contribution in [0.2, 0.25) is 0 Å². The van der Waals surface area contributed by atoms with Gasteiger partial charge < -0.3 is 9.73 Å². The molecule has 0 bridgehead atoms. The molecule has 1 amide bonds. The summed E-state index contributed by atoms with van der Waals surface area (Å²) < 4.78 is 6.05. The average Bonchev–Trinajstić information content (AvgIpc) is 3.04. The Kier molecular flexibility index (Phi) is 4.55. The van der Waals surface area contributed by atoms with Crippen LogP contribution in [0.5, 0.6) is 0 Å². The highest BCUT2D eigenvalue weighted by molar-refractivity contribution is 9.11. The zero-order valence-corrected chi connectivity index (χ0v) is 12.1. The molecule has 0 fully saturated rings. The summed E-state index contributed by atoms with van der Waals surface area (Å²) in [5.74, 6) is 0.230. The van der Waals surface area contributed by atoms with Crippen LogP contribution >= 0.6 is 27.3 Å². The van der Waals surface area contributed by atoms with Crippen molar-refractivity contribution in [3.05, 3.63) is 50.5 Å². The molecule has 0 atom stereocenters. The fourth-order valence-electron chi connectivity index (χ4n) is 1.37. The molecule has 2 aromatic heterocycles. The minimum atomic E-state index is -0.413. The van der Waals surface area contributed by atoms with E-state index in [1.165, 1.54) is 17.6 Å². The second-order valence-corrected chi connectivity index (χ2v) is 6.07. The lowest BCUT2D eigenvalue weighted by Crippen LogP contribution is -2.23. The molecule has 19 heavy (non-hydrogen) atoms. The molecule has 0 radical (unpaired) electrons. The summed E-state index contributed by atoms with van der Waals surface area (Å²) in [6.45, 7) is 0.263. The van der Waals surface area contributed by atoms with E-state index in [0.717, 1.165) is 8.66 Å². The minimum Gasteiger partial charge on any atom is -0.467 e. The fourth-order valence-corrected chi connectivity index (χ4v) is 2.74. The third-order valence-corrected chi connectivity index (χ3v) is 3.82. The number of nitriles is 1. The maximum atomic E-state index is 11.8. The number of thiophene rings is 1. The van der Waals surface area contributed by atoms with Gasteiger partial charge in [0.1, 0.15) is 17.4 Å². The summed E-state index contributed by atoms with van der Waals surface area (Å²) in [5, 5.41) is 11.6. The molecule has 0 spiro atoms. The first kappa shape index (κ1) is 13.6. The molecule has 0 aliphatic rings. The Bertz CT molecular complexity index is 638. The summed E-state index contributed by atoms with van der Waals surface area (Å²) in [6.07, 6.45) is 3.10. The molecule has 96 valence electrons. The van der Waals surface area contributed by atoms with Crippen molar-refractivity contribution < 1.29 is 9.21 Å². The van der Waals surface area contributed by atoms with Crippen LogP contribution in [-0.4, -0.2) is 5.91 Å². The predicted octanol–water partition coefficient (Wildman–Crippen LogP) is 3.33. The van der Waals surface area contributed by atoms with Crippen LogP contribution in [0.25, 0.3) is 6.08 Å². The zero-order valence-electron chi connectivity index (χ0n) is 9.72. The molecule has 0 unspecified atom stereocenters. The normalized spacial score (nSPS) is 11.1. The van der Waals surface area contributed by atoms with E-state index in [-0.39, 0.29) is 12.1 Å². The number of amides is 1. The lowest BCUT2D eigenvalue weighted by atomic mass is 10.2. The summed E-state index contributed by atoms with van der Waals surface area (Å²) >= 11 is 4.79. The third-order valence-electron chi connectivity index (χ3n) is 2.25. The molecule has 6 heteroatoms. The number of carbonyl (C=O) groups excluding carboxylic acids is 1. The average molecular weight is 337 g/mol. The van der Waals surface area contributed by atoms with Gasteiger partial charge in [-0.1, -0.05) is 0 Å². The van der Waals surface area contributed by atoms with Crippen LogP contribution in [0.4, 0.5) is 0 Å². The molecule has 4 nitrogen and oxygen atoms in total. The largest absolute Gasteiger partial charge is 0.467 e. The molecule has 2 rings (SSSR count). The quantitative estimate of drug-likeness (QED) is 0.687. The van der Waals surface area contributed by atoms with Crippen molar-refractivity contribution in [3.8, 4) is 6.07 Å². The first-order valence-electron chi connectivity index (χ1n) is 5.37. The van der Waals surface area contributed by atoms with Crippen LogP contribution in [-0.2, 0) is 11.3 Å². The third kappa shape index (κ3) is 3.81. The van der Waals surface area contributed by atoms with E-state index in [2.05, 4.69) is 21.2 Å². The molecule has 2 aromatic rings. The predicted molar refractivity (Wildman–Crippen MR) is 76.2 cm³/mol. The topological polar surface area (TPSA) is 66.0 Å². The SMILES string of the molecule is N#C/C(=C/c1ccc(Br)s1)C(=O)NCc1ccco1. The van der Waals surface area contributed by atoms with Crippen molar-refractivity contribution in [3.63, 3.8) is 0 Å². The van der Waals surface area contributed by atoms with Crippen molar-refractivity contribution in [1.29, 1.82) is 5.26 Å². The smallest absolute Gasteiger partial charge is 0.262 e. The summed E-state index contributed by atoms with van der Waals surface area (Å²) in [6, 6.07) is 9.10. The number of halogens is 1. The van der Waals surface area contributed by atoms with E-state index in [0.29, 0.717) is 5.76 Å². The Morgan fingerprint density at radius 1 is 1.53 bits per heavy atom. The molecule has 1 N–H and O–H groups in total. The standard InChI is InChI=1S/C13H9BrN2O2S/c14-12-4-3-11(19-12)6-9(7-15)13(17)16-8-10-2-1-5-18-10/h1-6H,8H2,(H,16,17)/b9-6-. The zero-order chi connectivity index (χ0) is 13.7. The van der Waals surface area contributed by atoms with Gasteiger partial charge >= 0.3 is 0 Å². The van der Waals surface area contributed by atoms with Crippen molar-refractivity contribution >= 4 is 39.2 Å². The first-order chi connectivity index (χ1) is 9.19. The van der Waals surface area contributed by atoms with Crippen molar-refractivity contribution in [2.45, 2.75) is 6.54 Å². The highest BCUT2D eigenvalue weighted by Crippen LogP contribution is 2.24. The van der Waals surface area contributed by atoms with Gasteiger partial charge in [0.25, 0.3) is 5.91 Å². The Morgan fingerprint density at radius 3 is 2.95 bits per heavy atom. The first-order valence-corrected chi connectivity index (χ1v) is 6.97. The molecule has 0 aliphatic carbocycles. The lowest BCUT2D eigenvalue weighted by molar-refractivity contribution is -0.117. The van der Waals surface area contributed by atoms with Gasteiger partial charge in [0.15, 0.2) is 0 Å². The summed E-state index contributed by atoms with van der Waals surface area (Å²) in [7, 11) is 0. The number of hydrogen-bond donors (Lipinski definition) is 1. The summed E-state index contributed by atoms with van der Waals surface area (Å²) in [5.41, 5.74) is 0.0703. The van der Waals surface area contributed by atoms with Crippen molar-refractivity contribution in [2.24, 2.45) is 0 Å². The van der Waals surface area contributed by atoms with Crippen LogP contribution in [0.1, 0.15) is 10.6 Å². The molecule has 0 saturated carbocycles. The van der Waals surface area contributed by atoms with Gasteiger partial charge in [0.2, 0.25) is 0 Å². The monoisotopic (exact) mass is 336 g/mol. The number of furan rings is 1. The fraction of sp³-hybridized carbons (Fsp3) is 0.0769. The van der Waals surface area contributed by atoms with Crippen molar-refractivity contribution in [2.75, 3.05) is 0 Å².